The van der Waals surface area contributed by atoms with Gasteiger partial charge in [-0.25, -0.2) is 0 Å². The Kier molecular flexibility index (Phi) is 2.57. The molecule has 1 aromatic heterocycles. The normalized spacial score (nSPS) is 13.2. The molecule has 0 fully saturated rings. The molecule has 0 unspecified atom stereocenters. The molecule has 0 aliphatic carbocycles. The maximum absolute atomic E-state index is 11.1. The summed E-state index contributed by atoms with van der Waals surface area (Å²) in [6.07, 6.45) is 3.44. The molecule has 5 nitrogen and oxygen atoms in total. The van der Waals surface area contributed by atoms with Crippen molar-refractivity contribution in [1.82, 2.24) is 4.98 Å². The number of hydrogen-bond donors (Lipinski definition) is 2. The summed E-state index contributed by atoms with van der Waals surface area (Å²) in [7, 11) is 0. The molecule has 1 aliphatic rings. The summed E-state index contributed by atoms with van der Waals surface area (Å²) >= 11 is 0. The van der Waals surface area contributed by atoms with Crippen molar-refractivity contribution in [2.24, 2.45) is 0 Å². The van der Waals surface area contributed by atoms with Gasteiger partial charge in [-0.1, -0.05) is 0 Å². The summed E-state index contributed by atoms with van der Waals surface area (Å²) < 4.78 is 5.35. The minimum absolute atomic E-state index is 0.0612. The molecule has 0 bridgehead atoms. The second kappa shape index (κ2) is 4.37. The van der Waals surface area contributed by atoms with Crippen molar-refractivity contribution in [3.05, 3.63) is 42.7 Å². The van der Waals surface area contributed by atoms with Crippen LogP contribution in [0.5, 0.6) is 5.75 Å². The quantitative estimate of drug-likeness (QED) is 0.845. The fraction of sp³-hybridized carbons (Fsp3) is 0.0769. The molecule has 5 heteroatoms. The van der Waals surface area contributed by atoms with Crippen LogP contribution in [0.2, 0.25) is 0 Å². The third-order valence-corrected chi connectivity index (χ3v) is 2.58. The molecular weight excluding hydrogens is 230 g/mol. The predicted octanol–water partition coefficient (Wildman–Crippen LogP) is 2.16. The van der Waals surface area contributed by atoms with Crippen LogP contribution in [-0.4, -0.2) is 17.5 Å². The highest BCUT2D eigenvalue weighted by molar-refractivity contribution is 5.95. The molecule has 90 valence electrons. The first kappa shape index (κ1) is 10.6. The molecule has 1 aromatic carbocycles. The first-order valence-corrected chi connectivity index (χ1v) is 5.55. The summed E-state index contributed by atoms with van der Waals surface area (Å²) in [6.45, 7) is 0.0612. The van der Waals surface area contributed by atoms with Gasteiger partial charge in [-0.3, -0.25) is 9.78 Å². The molecule has 1 aliphatic heterocycles. The third-order valence-electron chi connectivity index (χ3n) is 2.58. The number of benzene rings is 1. The number of carbonyl (C=O) groups excluding carboxylic acids is 1. The van der Waals surface area contributed by atoms with Crippen molar-refractivity contribution in [1.29, 1.82) is 0 Å². The molecule has 2 heterocycles. The fourth-order valence-electron chi connectivity index (χ4n) is 1.75. The highest BCUT2D eigenvalue weighted by Crippen LogP contribution is 2.31. The zero-order valence-electron chi connectivity index (χ0n) is 9.51. The van der Waals surface area contributed by atoms with Gasteiger partial charge in [0.15, 0.2) is 6.61 Å². The highest BCUT2D eigenvalue weighted by Gasteiger charge is 2.15. The Morgan fingerprint density at radius 3 is 2.83 bits per heavy atom. The number of fused-ring (bicyclic) bond motifs is 1. The van der Waals surface area contributed by atoms with Crippen LogP contribution in [0.4, 0.5) is 17.1 Å². The van der Waals surface area contributed by atoms with Crippen LogP contribution in [0.25, 0.3) is 0 Å². The lowest BCUT2D eigenvalue weighted by Gasteiger charge is -2.18. The molecule has 0 atom stereocenters. The van der Waals surface area contributed by atoms with Gasteiger partial charge in [0.05, 0.1) is 5.69 Å². The van der Waals surface area contributed by atoms with Gasteiger partial charge in [0.1, 0.15) is 5.75 Å². The SMILES string of the molecule is O=C1COc2cc(Nc3ccncc3)ccc2N1. The van der Waals surface area contributed by atoms with E-state index in [1.54, 1.807) is 12.4 Å². The van der Waals surface area contributed by atoms with Gasteiger partial charge in [-0.2, -0.15) is 0 Å². The Morgan fingerprint density at radius 2 is 2.00 bits per heavy atom. The number of aromatic nitrogens is 1. The number of rotatable bonds is 2. The molecule has 0 radical (unpaired) electrons. The first-order valence-electron chi connectivity index (χ1n) is 5.55. The zero-order chi connectivity index (χ0) is 12.4. The average Bonchev–Trinajstić information content (AvgIpc) is 2.40. The first-order chi connectivity index (χ1) is 8.81. The molecular formula is C13H11N3O2. The Bertz CT molecular complexity index is 584. The van der Waals surface area contributed by atoms with Gasteiger partial charge in [0, 0.05) is 29.8 Å². The highest BCUT2D eigenvalue weighted by atomic mass is 16.5. The average molecular weight is 241 g/mol. The zero-order valence-corrected chi connectivity index (χ0v) is 9.51. The molecule has 1 amide bonds. The molecule has 2 aromatic rings. The van der Waals surface area contributed by atoms with Gasteiger partial charge < -0.3 is 15.4 Å². The minimum Gasteiger partial charge on any atom is -0.482 e. The Hall–Kier alpha value is -2.56. The van der Waals surface area contributed by atoms with Crippen molar-refractivity contribution in [3.63, 3.8) is 0 Å². The topological polar surface area (TPSA) is 63.2 Å². The van der Waals surface area contributed by atoms with Crippen LogP contribution in [0, 0.1) is 0 Å². The molecule has 18 heavy (non-hydrogen) atoms. The van der Waals surface area contributed by atoms with E-state index in [0.29, 0.717) is 11.4 Å². The van der Waals surface area contributed by atoms with Gasteiger partial charge in [0.25, 0.3) is 5.91 Å². The minimum atomic E-state index is -0.127. The number of ether oxygens (including phenoxy) is 1. The van der Waals surface area contributed by atoms with Crippen molar-refractivity contribution in [2.45, 2.75) is 0 Å². The number of pyridine rings is 1. The summed E-state index contributed by atoms with van der Waals surface area (Å²) in [5, 5.41) is 5.98. The van der Waals surface area contributed by atoms with Gasteiger partial charge >= 0.3 is 0 Å². The van der Waals surface area contributed by atoms with Gasteiger partial charge in [-0.05, 0) is 24.3 Å². The fourth-order valence-corrected chi connectivity index (χ4v) is 1.75. The number of carbonyl (C=O) groups is 1. The number of nitrogens with one attached hydrogen (secondary N) is 2. The lowest BCUT2D eigenvalue weighted by atomic mass is 10.2. The Morgan fingerprint density at radius 1 is 1.17 bits per heavy atom. The summed E-state index contributed by atoms with van der Waals surface area (Å²) in [5.41, 5.74) is 2.55. The predicted molar refractivity (Wildman–Crippen MR) is 68.1 cm³/mol. The van der Waals surface area contributed by atoms with E-state index in [1.165, 1.54) is 0 Å². The van der Waals surface area contributed by atoms with Crippen LogP contribution in [0.3, 0.4) is 0 Å². The van der Waals surface area contributed by atoms with Crippen molar-refractivity contribution < 1.29 is 9.53 Å². The van der Waals surface area contributed by atoms with E-state index in [-0.39, 0.29) is 12.5 Å². The lowest BCUT2D eigenvalue weighted by molar-refractivity contribution is -0.118. The van der Waals surface area contributed by atoms with Crippen LogP contribution in [0.1, 0.15) is 0 Å². The number of anilines is 3. The molecule has 2 N–H and O–H groups in total. The van der Waals surface area contributed by atoms with Crippen LogP contribution >= 0.6 is 0 Å². The number of hydrogen-bond acceptors (Lipinski definition) is 4. The van der Waals surface area contributed by atoms with Crippen LogP contribution in [0.15, 0.2) is 42.7 Å². The Labute approximate surface area is 104 Å². The van der Waals surface area contributed by atoms with Crippen molar-refractivity contribution >= 4 is 23.0 Å². The Balaban J connectivity index is 1.85. The molecule has 0 saturated heterocycles. The van der Waals surface area contributed by atoms with Gasteiger partial charge in [0.2, 0.25) is 0 Å². The second-order valence-corrected chi connectivity index (χ2v) is 3.91. The van der Waals surface area contributed by atoms with Gasteiger partial charge in [-0.15, -0.1) is 0 Å². The number of nitrogens with zero attached hydrogens (tertiary/aromatic N) is 1. The molecule has 0 saturated carbocycles. The smallest absolute Gasteiger partial charge is 0.262 e. The summed E-state index contributed by atoms with van der Waals surface area (Å²) in [5.74, 6) is 0.547. The van der Waals surface area contributed by atoms with Crippen molar-refractivity contribution in [3.8, 4) is 5.75 Å². The van der Waals surface area contributed by atoms with E-state index in [2.05, 4.69) is 15.6 Å². The maximum atomic E-state index is 11.1. The summed E-state index contributed by atoms with van der Waals surface area (Å²) in [6, 6.07) is 9.31. The van der Waals surface area contributed by atoms with E-state index >= 15 is 0 Å². The van der Waals surface area contributed by atoms with E-state index in [4.69, 9.17) is 4.74 Å². The molecule has 3 rings (SSSR count). The number of amides is 1. The van der Waals surface area contributed by atoms with E-state index < -0.39 is 0 Å². The van der Waals surface area contributed by atoms with Crippen LogP contribution in [-0.2, 0) is 4.79 Å². The monoisotopic (exact) mass is 241 g/mol. The largest absolute Gasteiger partial charge is 0.482 e. The molecule has 0 spiro atoms. The lowest BCUT2D eigenvalue weighted by Crippen LogP contribution is -2.25. The maximum Gasteiger partial charge on any atom is 0.262 e. The van der Waals surface area contributed by atoms with E-state index in [1.807, 2.05) is 30.3 Å². The standard InChI is InChI=1S/C13H11N3O2/c17-13-8-18-12-7-10(1-2-11(12)16-13)15-9-3-5-14-6-4-9/h1-7H,8H2,(H,14,15)(H,16,17). The van der Waals surface area contributed by atoms with E-state index in [0.717, 1.165) is 11.4 Å². The summed E-state index contributed by atoms with van der Waals surface area (Å²) in [4.78, 5) is 15.1. The van der Waals surface area contributed by atoms with Crippen molar-refractivity contribution in [2.75, 3.05) is 17.2 Å². The second-order valence-electron chi connectivity index (χ2n) is 3.91. The van der Waals surface area contributed by atoms with E-state index in [9.17, 15) is 4.79 Å². The third kappa shape index (κ3) is 2.10. The van der Waals surface area contributed by atoms with Crippen LogP contribution < -0.4 is 15.4 Å².